The van der Waals surface area contributed by atoms with Gasteiger partial charge in [-0.25, -0.2) is 4.79 Å². The van der Waals surface area contributed by atoms with Gasteiger partial charge in [0.2, 0.25) is 5.91 Å². The van der Waals surface area contributed by atoms with E-state index in [2.05, 4.69) is 10.3 Å². The predicted molar refractivity (Wildman–Crippen MR) is 92.1 cm³/mol. The molecule has 122 valence electrons. The lowest BCUT2D eigenvalue weighted by Gasteiger charge is -2.20. The minimum absolute atomic E-state index is 0.256. The average molecular weight is 334 g/mol. The van der Waals surface area contributed by atoms with Gasteiger partial charge in [-0.3, -0.25) is 9.36 Å². The van der Waals surface area contributed by atoms with Crippen LogP contribution in [0.5, 0.6) is 0 Å². The SMILES string of the molecule is CCC(C(=O)Nc1cc(Cl)ccc1C)n1c(C)cc(C)nc1=O. The van der Waals surface area contributed by atoms with Crippen LogP contribution in [0.1, 0.15) is 36.3 Å². The molecule has 0 saturated carbocycles. The first-order valence-electron chi connectivity index (χ1n) is 7.47. The van der Waals surface area contributed by atoms with Gasteiger partial charge in [0.1, 0.15) is 6.04 Å². The largest absolute Gasteiger partial charge is 0.348 e. The third-order valence-electron chi connectivity index (χ3n) is 3.73. The Balaban J connectivity index is 2.36. The highest BCUT2D eigenvalue weighted by atomic mass is 35.5. The predicted octanol–water partition coefficient (Wildman–Crippen LogP) is 3.41. The molecular formula is C17H20ClN3O2. The van der Waals surface area contributed by atoms with E-state index in [1.807, 2.05) is 19.9 Å². The molecule has 1 amide bonds. The van der Waals surface area contributed by atoms with Crippen molar-refractivity contribution in [3.05, 3.63) is 56.7 Å². The first-order valence-corrected chi connectivity index (χ1v) is 7.85. The van der Waals surface area contributed by atoms with Crippen molar-refractivity contribution < 1.29 is 4.79 Å². The van der Waals surface area contributed by atoms with Crippen molar-refractivity contribution in [3.8, 4) is 0 Å². The highest BCUT2D eigenvalue weighted by Gasteiger charge is 2.22. The van der Waals surface area contributed by atoms with Gasteiger partial charge in [0, 0.05) is 22.1 Å². The van der Waals surface area contributed by atoms with Crippen LogP contribution in [0.25, 0.3) is 0 Å². The standard InChI is InChI=1S/C17H20ClN3O2/c1-5-15(21-12(4)8-11(3)19-17(21)23)16(22)20-14-9-13(18)7-6-10(14)2/h6-9,15H,5H2,1-4H3,(H,20,22). The topological polar surface area (TPSA) is 64.0 Å². The van der Waals surface area contributed by atoms with Gasteiger partial charge in [-0.15, -0.1) is 0 Å². The van der Waals surface area contributed by atoms with Gasteiger partial charge in [-0.2, -0.15) is 4.98 Å². The lowest BCUT2D eigenvalue weighted by molar-refractivity contribution is -0.119. The maximum Gasteiger partial charge on any atom is 0.348 e. The third-order valence-corrected chi connectivity index (χ3v) is 3.97. The van der Waals surface area contributed by atoms with E-state index >= 15 is 0 Å². The van der Waals surface area contributed by atoms with Gasteiger partial charge >= 0.3 is 5.69 Å². The monoisotopic (exact) mass is 333 g/mol. The molecule has 0 spiro atoms. The fourth-order valence-corrected chi connectivity index (χ4v) is 2.74. The molecule has 1 unspecified atom stereocenters. The van der Waals surface area contributed by atoms with Crippen molar-refractivity contribution in [3.63, 3.8) is 0 Å². The van der Waals surface area contributed by atoms with Crippen LogP contribution in [0.2, 0.25) is 5.02 Å². The van der Waals surface area contributed by atoms with E-state index in [0.717, 1.165) is 5.56 Å². The summed E-state index contributed by atoms with van der Waals surface area (Å²) in [6.07, 6.45) is 0.483. The smallest absolute Gasteiger partial charge is 0.324 e. The lowest BCUT2D eigenvalue weighted by Crippen LogP contribution is -2.36. The van der Waals surface area contributed by atoms with Gasteiger partial charge in [0.05, 0.1) is 0 Å². The van der Waals surface area contributed by atoms with E-state index in [1.54, 1.807) is 32.0 Å². The zero-order chi connectivity index (χ0) is 17.1. The number of anilines is 1. The number of hydrogen-bond acceptors (Lipinski definition) is 3. The molecular weight excluding hydrogens is 314 g/mol. The Morgan fingerprint density at radius 1 is 1.30 bits per heavy atom. The molecule has 23 heavy (non-hydrogen) atoms. The van der Waals surface area contributed by atoms with Crippen LogP contribution in [0, 0.1) is 20.8 Å². The van der Waals surface area contributed by atoms with Crippen molar-refractivity contribution in [2.24, 2.45) is 0 Å². The number of nitrogens with one attached hydrogen (secondary N) is 1. The Morgan fingerprint density at radius 3 is 2.61 bits per heavy atom. The summed E-state index contributed by atoms with van der Waals surface area (Å²) in [6.45, 7) is 7.31. The molecule has 1 aromatic heterocycles. The van der Waals surface area contributed by atoms with Crippen molar-refractivity contribution >= 4 is 23.2 Å². The van der Waals surface area contributed by atoms with Crippen molar-refractivity contribution in [2.45, 2.75) is 40.2 Å². The molecule has 1 N–H and O–H groups in total. The number of amides is 1. The van der Waals surface area contributed by atoms with E-state index in [9.17, 15) is 9.59 Å². The number of aryl methyl sites for hydroxylation is 3. The molecule has 1 atom stereocenters. The van der Waals surface area contributed by atoms with Crippen molar-refractivity contribution in [2.75, 3.05) is 5.32 Å². The first-order chi connectivity index (χ1) is 10.8. The van der Waals surface area contributed by atoms with Crippen LogP contribution < -0.4 is 11.0 Å². The van der Waals surface area contributed by atoms with E-state index in [4.69, 9.17) is 11.6 Å². The van der Waals surface area contributed by atoms with Crippen molar-refractivity contribution in [1.82, 2.24) is 9.55 Å². The van der Waals surface area contributed by atoms with Gasteiger partial charge in [0.25, 0.3) is 0 Å². The maximum absolute atomic E-state index is 12.7. The number of nitrogens with zero attached hydrogens (tertiary/aromatic N) is 2. The molecule has 2 aromatic rings. The highest BCUT2D eigenvalue weighted by molar-refractivity contribution is 6.31. The molecule has 0 aliphatic rings. The Labute approximate surface area is 140 Å². The maximum atomic E-state index is 12.7. The molecule has 5 nitrogen and oxygen atoms in total. The third kappa shape index (κ3) is 3.79. The number of carbonyl (C=O) groups is 1. The summed E-state index contributed by atoms with van der Waals surface area (Å²) in [7, 11) is 0. The van der Waals surface area contributed by atoms with Gasteiger partial charge in [-0.1, -0.05) is 24.6 Å². The summed E-state index contributed by atoms with van der Waals surface area (Å²) in [5.41, 5.74) is 2.50. The second-order valence-electron chi connectivity index (χ2n) is 5.56. The summed E-state index contributed by atoms with van der Waals surface area (Å²) in [5, 5.41) is 3.40. The number of aromatic nitrogens is 2. The molecule has 1 heterocycles. The summed E-state index contributed by atoms with van der Waals surface area (Å²) >= 11 is 5.98. The molecule has 1 aromatic carbocycles. The summed E-state index contributed by atoms with van der Waals surface area (Å²) in [5.74, 6) is -0.256. The number of hydrogen-bond donors (Lipinski definition) is 1. The van der Waals surface area contributed by atoms with Gasteiger partial charge in [-0.05, 0) is 51.0 Å². The molecule has 0 saturated heterocycles. The zero-order valence-electron chi connectivity index (χ0n) is 13.7. The normalized spacial score (nSPS) is 12.0. The quantitative estimate of drug-likeness (QED) is 0.932. The molecule has 0 radical (unpaired) electrons. The second-order valence-corrected chi connectivity index (χ2v) is 6.00. The highest BCUT2D eigenvalue weighted by Crippen LogP contribution is 2.22. The van der Waals surface area contributed by atoms with Gasteiger partial charge in [0.15, 0.2) is 0 Å². The Morgan fingerprint density at radius 2 is 2.00 bits per heavy atom. The van der Waals surface area contributed by atoms with Crippen LogP contribution in [-0.2, 0) is 4.79 Å². The number of rotatable bonds is 4. The Bertz CT molecular complexity index is 799. The molecule has 0 aliphatic carbocycles. The lowest BCUT2D eigenvalue weighted by atomic mass is 10.1. The average Bonchev–Trinajstić information content (AvgIpc) is 2.46. The van der Waals surface area contributed by atoms with Crippen LogP contribution in [0.15, 0.2) is 29.1 Å². The molecule has 6 heteroatoms. The number of benzene rings is 1. The first kappa shape index (κ1) is 17.2. The van der Waals surface area contributed by atoms with Crippen LogP contribution in [0.3, 0.4) is 0 Å². The van der Waals surface area contributed by atoms with E-state index in [1.165, 1.54) is 4.57 Å². The fraction of sp³-hybridized carbons (Fsp3) is 0.353. The summed E-state index contributed by atoms with van der Waals surface area (Å²) in [6, 6.07) is 6.48. The van der Waals surface area contributed by atoms with Crippen LogP contribution in [0.4, 0.5) is 5.69 Å². The Hall–Kier alpha value is -2.14. The molecule has 2 rings (SSSR count). The fourth-order valence-electron chi connectivity index (χ4n) is 2.57. The minimum Gasteiger partial charge on any atom is -0.324 e. The van der Waals surface area contributed by atoms with E-state index in [-0.39, 0.29) is 5.91 Å². The van der Waals surface area contributed by atoms with Crippen LogP contribution in [-0.4, -0.2) is 15.5 Å². The van der Waals surface area contributed by atoms with Crippen LogP contribution >= 0.6 is 11.6 Å². The van der Waals surface area contributed by atoms with E-state index in [0.29, 0.717) is 28.5 Å². The van der Waals surface area contributed by atoms with Gasteiger partial charge < -0.3 is 5.32 Å². The minimum atomic E-state index is -0.617. The summed E-state index contributed by atoms with van der Waals surface area (Å²) < 4.78 is 1.43. The molecule has 0 fully saturated rings. The number of carbonyl (C=O) groups excluding carboxylic acids is 1. The Kier molecular flexibility index (Phi) is 5.21. The summed E-state index contributed by atoms with van der Waals surface area (Å²) in [4.78, 5) is 28.8. The second kappa shape index (κ2) is 6.96. The molecule has 0 aliphatic heterocycles. The molecule has 0 bridgehead atoms. The number of halogens is 1. The van der Waals surface area contributed by atoms with Crippen molar-refractivity contribution in [1.29, 1.82) is 0 Å². The zero-order valence-corrected chi connectivity index (χ0v) is 14.4. The van der Waals surface area contributed by atoms with E-state index < -0.39 is 11.7 Å².